The van der Waals surface area contributed by atoms with E-state index < -0.39 is 0 Å². The van der Waals surface area contributed by atoms with Crippen LogP contribution >= 0.6 is 11.6 Å². The molecule has 0 unspecified atom stereocenters. The Hall–Kier alpha value is -1.85. The number of hydrogen-bond acceptors (Lipinski definition) is 4. The fourth-order valence-electron chi connectivity index (χ4n) is 3.07. The normalized spacial score (nSPS) is 16.1. The number of benzene rings is 1. The van der Waals surface area contributed by atoms with Gasteiger partial charge in [0.2, 0.25) is 11.8 Å². The summed E-state index contributed by atoms with van der Waals surface area (Å²) in [6.45, 7) is 5.29. The Morgan fingerprint density at radius 2 is 2.04 bits per heavy atom. The Kier molecular flexibility index (Phi) is 6.10. The number of hydrogen-bond donors (Lipinski definition) is 1. The fraction of sp³-hybridized carbons (Fsp3) is 0.474. The fourth-order valence-corrected chi connectivity index (χ4v) is 3.19. The van der Waals surface area contributed by atoms with E-state index in [2.05, 4.69) is 22.1 Å². The molecular weight excluding hydrogens is 338 g/mol. The zero-order valence-corrected chi connectivity index (χ0v) is 15.3. The van der Waals surface area contributed by atoms with Gasteiger partial charge in [-0.25, -0.2) is 4.98 Å². The maximum Gasteiger partial charge on any atom is 0.223 e. The SMILES string of the molecule is CCCNC(=O)C1CCN(Cc2ncc(-c3ccc(Cl)cc3)o2)CC1. The number of halogens is 1. The maximum absolute atomic E-state index is 12.0. The Bertz CT molecular complexity index is 691. The molecule has 25 heavy (non-hydrogen) atoms. The van der Waals surface area contributed by atoms with E-state index in [0.717, 1.165) is 50.2 Å². The van der Waals surface area contributed by atoms with Crippen molar-refractivity contribution in [2.24, 2.45) is 5.92 Å². The third-order valence-corrected chi connectivity index (χ3v) is 4.80. The second kappa shape index (κ2) is 8.50. The van der Waals surface area contributed by atoms with E-state index in [9.17, 15) is 4.79 Å². The number of piperidine rings is 1. The molecule has 1 aliphatic rings. The van der Waals surface area contributed by atoms with Crippen LogP contribution in [0.25, 0.3) is 11.3 Å². The van der Waals surface area contributed by atoms with E-state index in [1.165, 1.54) is 0 Å². The molecule has 2 heterocycles. The van der Waals surface area contributed by atoms with Crippen LogP contribution in [0, 0.1) is 5.92 Å². The van der Waals surface area contributed by atoms with Crippen molar-refractivity contribution in [1.29, 1.82) is 0 Å². The molecule has 1 fully saturated rings. The van der Waals surface area contributed by atoms with Crippen LogP contribution in [-0.2, 0) is 11.3 Å². The molecule has 1 N–H and O–H groups in total. The van der Waals surface area contributed by atoms with Crippen molar-refractivity contribution in [3.05, 3.63) is 41.4 Å². The smallest absolute Gasteiger partial charge is 0.223 e. The van der Waals surface area contributed by atoms with Crippen LogP contribution in [0.4, 0.5) is 0 Å². The van der Waals surface area contributed by atoms with Crippen molar-refractivity contribution >= 4 is 17.5 Å². The molecule has 1 aliphatic heterocycles. The summed E-state index contributed by atoms with van der Waals surface area (Å²) in [5.74, 6) is 1.79. The molecule has 0 bridgehead atoms. The maximum atomic E-state index is 12.0. The Labute approximate surface area is 153 Å². The van der Waals surface area contributed by atoms with Crippen LogP contribution in [0.3, 0.4) is 0 Å². The molecule has 0 saturated carbocycles. The van der Waals surface area contributed by atoms with Crippen LogP contribution in [0.2, 0.25) is 5.02 Å². The summed E-state index contributed by atoms with van der Waals surface area (Å²) in [7, 11) is 0. The third kappa shape index (κ3) is 4.83. The molecule has 3 rings (SSSR count). The van der Waals surface area contributed by atoms with Gasteiger partial charge in [-0.05, 0) is 56.6 Å². The molecule has 1 aromatic carbocycles. The van der Waals surface area contributed by atoms with Gasteiger partial charge >= 0.3 is 0 Å². The zero-order valence-electron chi connectivity index (χ0n) is 14.5. The van der Waals surface area contributed by atoms with Gasteiger partial charge in [-0.15, -0.1) is 0 Å². The Morgan fingerprint density at radius 3 is 2.72 bits per heavy atom. The number of amides is 1. The first-order valence-electron chi connectivity index (χ1n) is 8.86. The first-order chi connectivity index (χ1) is 12.2. The van der Waals surface area contributed by atoms with Crippen LogP contribution in [0.1, 0.15) is 32.1 Å². The predicted molar refractivity (Wildman–Crippen MR) is 98.3 cm³/mol. The number of nitrogens with zero attached hydrogens (tertiary/aromatic N) is 2. The van der Waals surface area contributed by atoms with Gasteiger partial charge in [-0.3, -0.25) is 9.69 Å². The van der Waals surface area contributed by atoms with Crippen LogP contribution in [-0.4, -0.2) is 35.4 Å². The van der Waals surface area contributed by atoms with Crippen LogP contribution in [0.5, 0.6) is 0 Å². The van der Waals surface area contributed by atoms with Gasteiger partial charge in [0.15, 0.2) is 5.76 Å². The molecular formula is C19H24ClN3O2. The molecule has 134 valence electrons. The van der Waals surface area contributed by atoms with E-state index >= 15 is 0 Å². The number of carbonyl (C=O) groups excluding carboxylic acids is 1. The number of aromatic nitrogens is 1. The molecule has 1 aromatic heterocycles. The summed E-state index contributed by atoms with van der Waals surface area (Å²) >= 11 is 5.91. The molecule has 0 aliphatic carbocycles. The molecule has 2 aromatic rings. The predicted octanol–water partition coefficient (Wildman–Crippen LogP) is 3.73. The minimum atomic E-state index is 0.136. The summed E-state index contributed by atoms with van der Waals surface area (Å²) < 4.78 is 5.86. The molecule has 1 amide bonds. The van der Waals surface area contributed by atoms with E-state index in [0.29, 0.717) is 17.5 Å². The standard InChI is InChI=1S/C19H24ClN3O2/c1-2-9-21-19(24)15-7-10-23(11-8-15)13-18-22-12-17(25-18)14-3-5-16(20)6-4-14/h3-6,12,15H,2,7-11,13H2,1H3,(H,21,24). The third-order valence-electron chi connectivity index (χ3n) is 4.55. The highest BCUT2D eigenvalue weighted by molar-refractivity contribution is 6.30. The highest BCUT2D eigenvalue weighted by Crippen LogP contribution is 2.24. The van der Waals surface area contributed by atoms with Crippen molar-refractivity contribution < 1.29 is 9.21 Å². The van der Waals surface area contributed by atoms with Crippen molar-refractivity contribution in [2.75, 3.05) is 19.6 Å². The number of likely N-dealkylation sites (tertiary alicyclic amines) is 1. The van der Waals surface area contributed by atoms with Gasteiger partial charge in [0.05, 0.1) is 12.7 Å². The van der Waals surface area contributed by atoms with Gasteiger partial charge in [0.25, 0.3) is 0 Å². The quantitative estimate of drug-likeness (QED) is 0.851. The lowest BCUT2D eigenvalue weighted by Gasteiger charge is -2.30. The average Bonchev–Trinajstić information content (AvgIpc) is 3.09. The molecule has 5 nitrogen and oxygen atoms in total. The van der Waals surface area contributed by atoms with Crippen LogP contribution < -0.4 is 5.32 Å². The topological polar surface area (TPSA) is 58.4 Å². The second-order valence-corrected chi connectivity index (χ2v) is 6.90. The van der Waals surface area contributed by atoms with Crippen molar-refractivity contribution in [1.82, 2.24) is 15.2 Å². The zero-order chi connectivity index (χ0) is 17.6. The van der Waals surface area contributed by atoms with Crippen LogP contribution in [0.15, 0.2) is 34.9 Å². The molecule has 0 spiro atoms. The highest BCUT2D eigenvalue weighted by atomic mass is 35.5. The lowest BCUT2D eigenvalue weighted by molar-refractivity contribution is -0.126. The van der Waals surface area contributed by atoms with Crippen molar-refractivity contribution in [3.63, 3.8) is 0 Å². The summed E-state index contributed by atoms with van der Waals surface area (Å²) in [4.78, 5) is 18.7. The minimum Gasteiger partial charge on any atom is -0.439 e. The molecule has 6 heteroatoms. The largest absolute Gasteiger partial charge is 0.439 e. The van der Waals surface area contributed by atoms with E-state index in [4.69, 9.17) is 16.0 Å². The first kappa shape index (κ1) is 18.0. The van der Waals surface area contributed by atoms with E-state index in [1.807, 2.05) is 24.3 Å². The van der Waals surface area contributed by atoms with Gasteiger partial charge in [-0.1, -0.05) is 18.5 Å². The van der Waals surface area contributed by atoms with E-state index in [-0.39, 0.29) is 11.8 Å². The molecule has 0 radical (unpaired) electrons. The lowest BCUT2D eigenvalue weighted by Crippen LogP contribution is -2.40. The van der Waals surface area contributed by atoms with Gasteiger partial charge in [0, 0.05) is 23.0 Å². The van der Waals surface area contributed by atoms with Gasteiger partial charge in [-0.2, -0.15) is 0 Å². The minimum absolute atomic E-state index is 0.136. The van der Waals surface area contributed by atoms with Crippen molar-refractivity contribution in [2.45, 2.75) is 32.7 Å². The number of carbonyl (C=O) groups is 1. The molecule has 1 saturated heterocycles. The summed E-state index contributed by atoms with van der Waals surface area (Å²) in [5.41, 5.74) is 0.967. The molecule has 0 atom stereocenters. The monoisotopic (exact) mass is 361 g/mol. The van der Waals surface area contributed by atoms with E-state index in [1.54, 1.807) is 6.20 Å². The van der Waals surface area contributed by atoms with Gasteiger partial charge < -0.3 is 9.73 Å². The van der Waals surface area contributed by atoms with Crippen molar-refractivity contribution in [3.8, 4) is 11.3 Å². The lowest BCUT2D eigenvalue weighted by atomic mass is 9.96. The summed E-state index contributed by atoms with van der Waals surface area (Å²) in [5, 5.41) is 3.70. The average molecular weight is 362 g/mol. The highest BCUT2D eigenvalue weighted by Gasteiger charge is 2.25. The Balaban J connectivity index is 1.51. The number of rotatable bonds is 6. The first-order valence-corrected chi connectivity index (χ1v) is 9.24. The number of oxazole rings is 1. The van der Waals surface area contributed by atoms with Gasteiger partial charge in [0.1, 0.15) is 0 Å². The summed E-state index contributed by atoms with van der Waals surface area (Å²) in [6, 6.07) is 7.53. The Morgan fingerprint density at radius 1 is 1.32 bits per heavy atom. The number of nitrogens with one attached hydrogen (secondary N) is 1. The summed E-state index contributed by atoms with van der Waals surface area (Å²) in [6.07, 6.45) is 4.51. The second-order valence-electron chi connectivity index (χ2n) is 6.47.